The Morgan fingerprint density at radius 1 is 1.33 bits per heavy atom. The molecule has 0 aliphatic rings. The van der Waals surface area contributed by atoms with E-state index < -0.39 is 29.2 Å². The molecule has 1 rings (SSSR count). The lowest BCUT2D eigenvalue weighted by atomic mass is 10.2. The first-order valence-electron chi connectivity index (χ1n) is 5.16. The fourth-order valence-corrected chi connectivity index (χ4v) is 1.18. The number of amides is 2. The van der Waals surface area contributed by atoms with E-state index in [0.717, 1.165) is 18.2 Å². The van der Waals surface area contributed by atoms with Crippen LogP contribution in [0.1, 0.15) is 16.8 Å². The van der Waals surface area contributed by atoms with Gasteiger partial charge < -0.3 is 15.8 Å². The van der Waals surface area contributed by atoms with Gasteiger partial charge in [-0.25, -0.2) is 18.4 Å². The maximum absolute atomic E-state index is 13.2. The van der Waals surface area contributed by atoms with Crippen LogP contribution in [-0.4, -0.2) is 25.2 Å². The highest BCUT2D eigenvalue weighted by Crippen LogP contribution is 2.10. The molecule has 2 amide bonds. The lowest BCUT2D eigenvalue weighted by Crippen LogP contribution is -2.30. The van der Waals surface area contributed by atoms with Gasteiger partial charge in [-0.15, -0.1) is 0 Å². The molecule has 0 heterocycles. The van der Waals surface area contributed by atoms with Crippen molar-refractivity contribution in [2.45, 2.75) is 6.42 Å². The minimum absolute atomic E-state index is 0.0327. The number of primary amides is 1. The number of benzene rings is 1. The van der Waals surface area contributed by atoms with Gasteiger partial charge in [0.15, 0.2) is 0 Å². The van der Waals surface area contributed by atoms with Crippen molar-refractivity contribution in [1.29, 1.82) is 0 Å². The molecule has 98 valence electrons. The second kappa shape index (κ2) is 6.53. The van der Waals surface area contributed by atoms with Crippen LogP contribution in [0.4, 0.5) is 13.6 Å². The molecule has 0 saturated heterocycles. The maximum atomic E-state index is 13.2. The number of nitrogens with two attached hydrogens (primary N) is 1. The van der Waals surface area contributed by atoms with Crippen molar-refractivity contribution >= 4 is 12.0 Å². The Morgan fingerprint density at radius 2 is 2.06 bits per heavy atom. The second-order valence-corrected chi connectivity index (χ2v) is 3.40. The number of urea groups is 1. The number of carbonyl (C=O) groups is 2. The molecule has 0 aliphatic heterocycles. The summed E-state index contributed by atoms with van der Waals surface area (Å²) in [7, 11) is 0. The first-order valence-corrected chi connectivity index (χ1v) is 5.16. The van der Waals surface area contributed by atoms with E-state index in [1.54, 1.807) is 0 Å². The third kappa shape index (κ3) is 4.36. The van der Waals surface area contributed by atoms with Crippen molar-refractivity contribution in [1.82, 2.24) is 5.32 Å². The number of hydrogen-bond acceptors (Lipinski definition) is 3. The van der Waals surface area contributed by atoms with Gasteiger partial charge in [0.1, 0.15) is 11.6 Å². The Kier molecular flexibility index (Phi) is 5.04. The fourth-order valence-electron chi connectivity index (χ4n) is 1.18. The molecule has 0 fully saturated rings. The molecular formula is C11H12F2N2O3. The van der Waals surface area contributed by atoms with Crippen LogP contribution in [0.5, 0.6) is 0 Å². The molecular weight excluding hydrogens is 246 g/mol. The summed E-state index contributed by atoms with van der Waals surface area (Å²) in [5.41, 5.74) is 4.35. The number of rotatable bonds is 5. The standard InChI is InChI=1S/C11H12F2N2O3/c12-7-2-3-9(13)8(6-7)10(16)18-5-1-4-15-11(14)17/h2-3,6H,1,4-5H2,(H3,14,15,17). The van der Waals surface area contributed by atoms with Crippen LogP contribution in [0.15, 0.2) is 18.2 Å². The van der Waals surface area contributed by atoms with E-state index in [4.69, 9.17) is 10.5 Å². The first kappa shape index (κ1) is 13.9. The van der Waals surface area contributed by atoms with Crippen LogP contribution < -0.4 is 11.1 Å². The highest BCUT2D eigenvalue weighted by atomic mass is 19.1. The van der Waals surface area contributed by atoms with E-state index in [-0.39, 0.29) is 13.2 Å². The smallest absolute Gasteiger partial charge is 0.341 e. The summed E-state index contributed by atoms with van der Waals surface area (Å²) in [5, 5.41) is 2.29. The van der Waals surface area contributed by atoms with Gasteiger partial charge in [0.05, 0.1) is 12.2 Å². The van der Waals surface area contributed by atoms with Gasteiger partial charge >= 0.3 is 12.0 Å². The molecule has 7 heteroatoms. The predicted octanol–water partition coefficient (Wildman–Crippen LogP) is 1.18. The van der Waals surface area contributed by atoms with Gasteiger partial charge in [0.25, 0.3) is 0 Å². The number of halogens is 2. The predicted molar refractivity (Wildman–Crippen MR) is 58.8 cm³/mol. The summed E-state index contributed by atoms with van der Waals surface area (Å²) >= 11 is 0. The summed E-state index contributed by atoms with van der Waals surface area (Å²) < 4.78 is 30.7. The van der Waals surface area contributed by atoms with E-state index in [1.165, 1.54) is 0 Å². The molecule has 0 unspecified atom stereocenters. The van der Waals surface area contributed by atoms with Crippen molar-refractivity contribution in [3.63, 3.8) is 0 Å². The lowest BCUT2D eigenvalue weighted by molar-refractivity contribution is 0.0495. The van der Waals surface area contributed by atoms with Crippen LogP contribution >= 0.6 is 0 Å². The van der Waals surface area contributed by atoms with Gasteiger partial charge in [0, 0.05) is 6.54 Å². The highest BCUT2D eigenvalue weighted by Gasteiger charge is 2.13. The average molecular weight is 258 g/mol. The molecule has 0 spiro atoms. The van der Waals surface area contributed by atoms with Crippen molar-refractivity contribution in [2.24, 2.45) is 5.73 Å². The molecule has 0 aliphatic carbocycles. The number of nitrogens with one attached hydrogen (secondary N) is 1. The minimum Gasteiger partial charge on any atom is -0.462 e. The van der Waals surface area contributed by atoms with Crippen molar-refractivity contribution in [3.05, 3.63) is 35.4 Å². The van der Waals surface area contributed by atoms with Gasteiger partial charge in [0.2, 0.25) is 0 Å². The first-order chi connectivity index (χ1) is 8.50. The van der Waals surface area contributed by atoms with Gasteiger partial charge in [-0.3, -0.25) is 0 Å². The molecule has 0 atom stereocenters. The van der Waals surface area contributed by atoms with Gasteiger partial charge in [-0.05, 0) is 24.6 Å². The summed E-state index contributed by atoms with van der Waals surface area (Å²) in [6, 6.07) is 1.83. The summed E-state index contributed by atoms with van der Waals surface area (Å²) in [6.07, 6.45) is 0.325. The largest absolute Gasteiger partial charge is 0.462 e. The molecule has 5 nitrogen and oxygen atoms in total. The quantitative estimate of drug-likeness (QED) is 0.614. The van der Waals surface area contributed by atoms with E-state index in [0.29, 0.717) is 6.42 Å². The molecule has 1 aromatic rings. The monoisotopic (exact) mass is 258 g/mol. The average Bonchev–Trinajstić information content (AvgIpc) is 2.31. The van der Waals surface area contributed by atoms with Gasteiger partial charge in [-0.2, -0.15) is 0 Å². The summed E-state index contributed by atoms with van der Waals surface area (Å²) in [5.74, 6) is -2.53. The molecule has 0 saturated carbocycles. The third-order valence-corrected chi connectivity index (χ3v) is 2.00. The van der Waals surface area contributed by atoms with Crippen molar-refractivity contribution in [2.75, 3.05) is 13.2 Å². The Bertz CT molecular complexity index is 452. The third-order valence-electron chi connectivity index (χ3n) is 2.00. The lowest BCUT2D eigenvalue weighted by Gasteiger charge is -2.06. The van der Waals surface area contributed by atoms with E-state index in [2.05, 4.69) is 5.32 Å². The summed E-state index contributed by atoms with van der Waals surface area (Å²) in [6.45, 7) is 0.198. The molecule has 3 N–H and O–H groups in total. The zero-order valence-corrected chi connectivity index (χ0v) is 9.41. The SMILES string of the molecule is NC(=O)NCCCOC(=O)c1cc(F)ccc1F. The molecule has 1 aromatic carbocycles. The number of esters is 1. The molecule has 0 aromatic heterocycles. The fraction of sp³-hybridized carbons (Fsp3) is 0.273. The van der Waals surface area contributed by atoms with Crippen LogP contribution in [0.2, 0.25) is 0 Å². The van der Waals surface area contributed by atoms with Crippen LogP contribution in [0.25, 0.3) is 0 Å². The van der Waals surface area contributed by atoms with E-state index in [9.17, 15) is 18.4 Å². The summed E-state index contributed by atoms with van der Waals surface area (Å²) in [4.78, 5) is 21.7. The Labute approximate surface area is 102 Å². The highest BCUT2D eigenvalue weighted by molar-refractivity contribution is 5.89. The number of carbonyl (C=O) groups excluding carboxylic acids is 2. The van der Waals surface area contributed by atoms with Crippen LogP contribution in [0.3, 0.4) is 0 Å². The topological polar surface area (TPSA) is 81.4 Å². The van der Waals surface area contributed by atoms with Crippen molar-refractivity contribution in [3.8, 4) is 0 Å². The second-order valence-electron chi connectivity index (χ2n) is 3.40. The van der Waals surface area contributed by atoms with E-state index in [1.807, 2.05) is 0 Å². The molecule has 0 radical (unpaired) electrons. The maximum Gasteiger partial charge on any atom is 0.341 e. The van der Waals surface area contributed by atoms with Crippen molar-refractivity contribution < 1.29 is 23.1 Å². The Morgan fingerprint density at radius 3 is 2.72 bits per heavy atom. The minimum atomic E-state index is -0.953. The van der Waals surface area contributed by atoms with E-state index >= 15 is 0 Å². The molecule has 0 bridgehead atoms. The normalized spacial score (nSPS) is 9.89. The zero-order valence-electron chi connectivity index (χ0n) is 9.41. The number of hydrogen-bond donors (Lipinski definition) is 2. The number of ether oxygens (including phenoxy) is 1. The Hall–Kier alpha value is -2.18. The molecule has 18 heavy (non-hydrogen) atoms. The van der Waals surface area contributed by atoms with Crippen LogP contribution in [0, 0.1) is 11.6 Å². The Balaban J connectivity index is 2.41. The van der Waals surface area contributed by atoms with Gasteiger partial charge in [-0.1, -0.05) is 0 Å². The van der Waals surface area contributed by atoms with Crippen LogP contribution in [-0.2, 0) is 4.74 Å². The zero-order chi connectivity index (χ0) is 13.5.